The molecule has 4 nitrogen and oxygen atoms in total. The van der Waals surface area contributed by atoms with E-state index >= 15 is 0 Å². The summed E-state index contributed by atoms with van der Waals surface area (Å²) in [5.74, 6) is 0.113. The van der Waals surface area contributed by atoms with Crippen LogP contribution in [0.25, 0.3) is 0 Å². The predicted molar refractivity (Wildman–Crippen MR) is 68.0 cm³/mol. The van der Waals surface area contributed by atoms with E-state index in [-0.39, 0.29) is 9.96 Å². The van der Waals surface area contributed by atoms with Gasteiger partial charge in [-0.2, -0.15) is 0 Å². The number of sulfonamides is 1. The molecule has 0 bridgehead atoms. The number of thiophene rings is 1. The van der Waals surface area contributed by atoms with Gasteiger partial charge in [0.2, 0.25) is 0 Å². The smallest absolute Gasteiger partial charge is 0.271 e. The van der Waals surface area contributed by atoms with Gasteiger partial charge in [-0.25, -0.2) is 8.42 Å². The molecule has 0 saturated heterocycles. The number of rotatable bonds is 3. The van der Waals surface area contributed by atoms with Crippen molar-refractivity contribution in [1.82, 2.24) is 0 Å². The first kappa shape index (κ1) is 11.9. The van der Waals surface area contributed by atoms with Gasteiger partial charge in [-0.1, -0.05) is 6.07 Å². The molecule has 1 heterocycles. The summed E-state index contributed by atoms with van der Waals surface area (Å²) in [6.45, 7) is 1.73. The van der Waals surface area contributed by atoms with Crippen molar-refractivity contribution in [2.24, 2.45) is 0 Å². The summed E-state index contributed by atoms with van der Waals surface area (Å²) in [5, 5.41) is 11.0. The molecule has 0 aliphatic carbocycles. The highest BCUT2D eigenvalue weighted by Gasteiger charge is 2.15. The SMILES string of the molecule is Cc1cc(O)ccc1NS(=O)(=O)c1cccs1. The maximum absolute atomic E-state index is 11.9. The predicted octanol–water partition coefficient (Wildman–Crippen LogP) is 2.56. The van der Waals surface area contributed by atoms with E-state index in [1.54, 1.807) is 24.4 Å². The molecule has 0 aliphatic heterocycles. The number of nitrogens with one attached hydrogen (secondary N) is 1. The number of aromatic hydroxyl groups is 1. The van der Waals surface area contributed by atoms with Gasteiger partial charge in [0.1, 0.15) is 9.96 Å². The summed E-state index contributed by atoms with van der Waals surface area (Å²) in [6, 6.07) is 7.72. The van der Waals surface area contributed by atoms with Crippen LogP contribution in [-0.2, 0) is 10.0 Å². The Morgan fingerprint density at radius 2 is 2.06 bits per heavy atom. The van der Waals surface area contributed by atoms with E-state index < -0.39 is 10.0 Å². The number of phenols is 1. The zero-order chi connectivity index (χ0) is 12.5. The van der Waals surface area contributed by atoms with Crippen molar-refractivity contribution in [3.8, 4) is 5.75 Å². The molecule has 2 aromatic rings. The number of hydrogen-bond donors (Lipinski definition) is 2. The van der Waals surface area contributed by atoms with Gasteiger partial charge in [-0.15, -0.1) is 11.3 Å². The van der Waals surface area contributed by atoms with Crippen molar-refractivity contribution in [2.75, 3.05) is 4.72 Å². The molecule has 0 aliphatic rings. The van der Waals surface area contributed by atoms with Gasteiger partial charge >= 0.3 is 0 Å². The third kappa shape index (κ3) is 2.59. The maximum Gasteiger partial charge on any atom is 0.271 e. The second-order valence-corrected chi connectivity index (χ2v) is 6.39. The molecule has 0 saturated carbocycles. The van der Waals surface area contributed by atoms with E-state index in [0.717, 1.165) is 11.3 Å². The van der Waals surface area contributed by atoms with Gasteiger partial charge in [-0.3, -0.25) is 4.72 Å². The van der Waals surface area contributed by atoms with Crippen molar-refractivity contribution in [3.63, 3.8) is 0 Å². The van der Waals surface area contributed by atoms with Gasteiger partial charge in [0, 0.05) is 0 Å². The molecular weight excluding hydrogens is 258 g/mol. The first-order chi connectivity index (χ1) is 7.99. The molecule has 0 atom stereocenters. The Morgan fingerprint density at radius 1 is 1.29 bits per heavy atom. The summed E-state index contributed by atoms with van der Waals surface area (Å²) >= 11 is 1.16. The zero-order valence-corrected chi connectivity index (χ0v) is 10.7. The number of anilines is 1. The Balaban J connectivity index is 2.33. The van der Waals surface area contributed by atoms with Crippen LogP contribution in [-0.4, -0.2) is 13.5 Å². The van der Waals surface area contributed by atoms with Crippen molar-refractivity contribution in [2.45, 2.75) is 11.1 Å². The van der Waals surface area contributed by atoms with Gasteiger partial charge < -0.3 is 5.11 Å². The summed E-state index contributed by atoms with van der Waals surface area (Å²) in [4.78, 5) is 0. The van der Waals surface area contributed by atoms with Crippen LogP contribution in [0.3, 0.4) is 0 Å². The van der Waals surface area contributed by atoms with Gasteiger partial charge in [-0.05, 0) is 42.1 Å². The molecule has 2 N–H and O–H groups in total. The van der Waals surface area contributed by atoms with E-state index in [4.69, 9.17) is 0 Å². The Morgan fingerprint density at radius 3 is 2.65 bits per heavy atom. The summed E-state index contributed by atoms with van der Waals surface area (Å²) in [7, 11) is -3.52. The van der Waals surface area contributed by atoms with Crippen molar-refractivity contribution in [1.29, 1.82) is 0 Å². The third-order valence-electron chi connectivity index (χ3n) is 2.21. The lowest BCUT2D eigenvalue weighted by Gasteiger charge is -2.09. The van der Waals surface area contributed by atoms with E-state index in [9.17, 15) is 13.5 Å². The van der Waals surface area contributed by atoms with Crippen LogP contribution in [0.4, 0.5) is 5.69 Å². The molecule has 0 spiro atoms. The molecule has 90 valence electrons. The topological polar surface area (TPSA) is 66.4 Å². The number of phenolic OH excluding ortho intramolecular Hbond substituents is 1. The first-order valence-electron chi connectivity index (χ1n) is 4.85. The van der Waals surface area contributed by atoms with Crippen molar-refractivity contribution in [3.05, 3.63) is 41.3 Å². The van der Waals surface area contributed by atoms with Crippen LogP contribution in [0.2, 0.25) is 0 Å². The second kappa shape index (κ2) is 4.38. The molecule has 0 unspecified atom stereocenters. The van der Waals surface area contributed by atoms with Crippen molar-refractivity contribution < 1.29 is 13.5 Å². The minimum Gasteiger partial charge on any atom is -0.508 e. The summed E-state index contributed by atoms with van der Waals surface area (Å²) in [5.41, 5.74) is 1.14. The normalized spacial score (nSPS) is 11.4. The lowest BCUT2D eigenvalue weighted by Crippen LogP contribution is -2.12. The molecule has 0 fully saturated rings. The Labute approximate surface area is 104 Å². The van der Waals surface area contributed by atoms with Gasteiger partial charge in [0.05, 0.1) is 5.69 Å². The average Bonchev–Trinajstić information content (AvgIpc) is 2.76. The van der Waals surface area contributed by atoms with Crippen LogP contribution >= 0.6 is 11.3 Å². The summed E-state index contributed by atoms with van der Waals surface area (Å²) < 4.78 is 26.6. The van der Waals surface area contributed by atoms with Crippen LogP contribution in [0.15, 0.2) is 39.9 Å². The van der Waals surface area contributed by atoms with Crippen LogP contribution in [0, 0.1) is 6.92 Å². The molecule has 1 aromatic carbocycles. The average molecular weight is 269 g/mol. The molecule has 0 amide bonds. The Bertz CT molecular complexity index is 618. The minimum absolute atomic E-state index is 0.113. The highest BCUT2D eigenvalue weighted by molar-refractivity contribution is 7.94. The maximum atomic E-state index is 11.9. The first-order valence-corrected chi connectivity index (χ1v) is 7.21. The number of hydrogen-bond acceptors (Lipinski definition) is 4. The monoisotopic (exact) mass is 269 g/mol. The van der Waals surface area contributed by atoms with Crippen LogP contribution < -0.4 is 4.72 Å². The fraction of sp³-hybridized carbons (Fsp3) is 0.0909. The standard InChI is InChI=1S/C11H11NO3S2/c1-8-7-9(13)4-5-10(8)12-17(14,15)11-3-2-6-16-11/h2-7,12-13H,1H3. The fourth-order valence-corrected chi connectivity index (χ4v) is 3.50. The lowest BCUT2D eigenvalue weighted by molar-refractivity contribution is 0.475. The fourth-order valence-electron chi connectivity index (χ4n) is 1.37. The Kier molecular flexibility index (Phi) is 3.08. The summed E-state index contributed by atoms with van der Waals surface area (Å²) in [6.07, 6.45) is 0. The quantitative estimate of drug-likeness (QED) is 0.842. The highest BCUT2D eigenvalue weighted by Crippen LogP contribution is 2.24. The van der Waals surface area contributed by atoms with E-state index in [1.807, 2.05) is 0 Å². The molecule has 0 radical (unpaired) electrons. The van der Waals surface area contributed by atoms with E-state index in [0.29, 0.717) is 11.3 Å². The second-order valence-electron chi connectivity index (χ2n) is 3.54. The Hall–Kier alpha value is -1.53. The van der Waals surface area contributed by atoms with E-state index in [2.05, 4.69) is 4.72 Å². The third-order valence-corrected chi connectivity index (χ3v) is 4.98. The number of benzene rings is 1. The number of aryl methyl sites for hydroxylation is 1. The van der Waals surface area contributed by atoms with Crippen molar-refractivity contribution >= 4 is 27.0 Å². The largest absolute Gasteiger partial charge is 0.508 e. The zero-order valence-electron chi connectivity index (χ0n) is 9.04. The highest BCUT2D eigenvalue weighted by atomic mass is 32.2. The molecule has 6 heteroatoms. The molecule has 2 rings (SSSR count). The van der Waals surface area contributed by atoms with Crippen LogP contribution in [0.5, 0.6) is 5.75 Å². The minimum atomic E-state index is -3.52. The molecular formula is C11H11NO3S2. The molecule has 17 heavy (non-hydrogen) atoms. The lowest BCUT2D eigenvalue weighted by atomic mass is 10.2. The van der Waals surface area contributed by atoms with Gasteiger partial charge in [0.15, 0.2) is 0 Å². The van der Waals surface area contributed by atoms with E-state index in [1.165, 1.54) is 18.2 Å². The van der Waals surface area contributed by atoms with Crippen LogP contribution in [0.1, 0.15) is 5.56 Å². The molecule has 1 aromatic heterocycles. The van der Waals surface area contributed by atoms with Gasteiger partial charge in [0.25, 0.3) is 10.0 Å².